The number of benzene rings is 1. The lowest BCUT2D eigenvalue weighted by Crippen LogP contribution is -2.36. The van der Waals surface area contributed by atoms with Crippen molar-refractivity contribution in [2.45, 2.75) is 25.4 Å². The van der Waals surface area contributed by atoms with Gasteiger partial charge in [0.2, 0.25) is 0 Å². The standard InChI is InChI=1S/C19H16ClF4N5O2/c1-31-17(15-10(19(22,23)24)3-2-4-11(15)21)13-7-25-14-9-28(5-6-29(13)14)12-8-26-27-18(30)16(12)20/h2-4,7-8,17H,5-6,9H2,1H3,(H,27,30). The Morgan fingerprint density at radius 1 is 1.26 bits per heavy atom. The Kier molecular flexibility index (Phi) is 5.48. The molecule has 164 valence electrons. The van der Waals surface area contributed by atoms with E-state index in [2.05, 4.69) is 15.2 Å². The van der Waals surface area contributed by atoms with Crippen molar-refractivity contribution >= 4 is 17.3 Å². The van der Waals surface area contributed by atoms with Gasteiger partial charge in [-0.25, -0.2) is 14.5 Å². The zero-order valence-electron chi connectivity index (χ0n) is 16.1. The van der Waals surface area contributed by atoms with Gasteiger partial charge in [0.1, 0.15) is 22.8 Å². The molecule has 0 bridgehead atoms. The molecule has 4 rings (SSSR count). The number of nitrogens with zero attached hydrogens (tertiary/aromatic N) is 4. The molecule has 2 aromatic heterocycles. The third kappa shape index (κ3) is 3.79. The Morgan fingerprint density at radius 3 is 2.74 bits per heavy atom. The van der Waals surface area contributed by atoms with E-state index >= 15 is 0 Å². The van der Waals surface area contributed by atoms with Gasteiger partial charge in [-0.1, -0.05) is 17.7 Å². The summed E-state index contributed by atoms with van der Waals surface area (Å²) in [5.41, 5.74) is -1.52. The second kappa shape index (κ2) is 7.97. The Balaban J connectivity index is 1.72. The quantitative estimate of drug-likeness (QED) is 0.607. The number of anilines is 1. The minimum absolute atomic E-state index is 0.0221. The van der Waals surface area contributed by atoms with Gasteiger partial charge in [-0.05, 0) is 12.1 Å². The lowest BCUT2D eigenvalue weighted by atomic mass is 9.98. The van der Waals surface area contributed by atoms with Crippen LogP contribution in [0, 0.1) is 5.82 Å². The highest BCUT2D eigenvalue weighted by atomic mass is 35.5. The monoisotopic (exact) mass is 457 g/mol. The second-order valence-corrected chi connectivity index (χ2v) is 7.26. The van der Waals surface area contributed by atoms with Crippen molar-refractivity contribution in [3.8, 4) is 0 Å². The van der Waals surface area contributed by atoms with Crippen LogP contribution in [0.2, 0.25) is 5.02 Å². The van der Waals surface area contributed by atoms with Gasteiger partial charge in [0.25, 0.3) is 5.56 Å². The minimum Gasteiger partial charge on any atom is -0.370 e. The molecule has 7 nitrogen and oxygen atoms in total. The highest BCUT2D eigenvalue weighted by Crippen LogP contribution is 2.40. The first-order valence-electron chi connectivity index (χ1n) is 9.13. The maximum absolute atomic E-state index is 14.5. The third-order valence-electron chi connectivity index (χ3n) is 5.14. The molecule has 0 fully saturated rings. The van der Waals surface area contributed by atoms with Crippen molar-refractivity contribution in [3.05, 3.63) is 74.4 Å². The molecule has 0 saturated heterocycles. The fourth-order valence-electron chi connectivity index (χ4n) is 3.73. The topological polar surface area (TPSA) is 76.0 Å². The normalized spacial score (nSPS) is 15.1. The van der Waals surface area contributed by atoms with E-state index < -0.39 is 34.8 Å². The van der Waals surface area contributed by atoms with Crippen LogP contribution in [-0.4, -0.2) is 33.4 Å². The van der Waals surface area contributed by atoms with Crippen LogP contribution in [-0.2, 0) is 24.0 Å². The molecule has 3 heterocycles. The summed E-state index contributed by atoms with van der Waals surface area (Å²) in [5.74, 6) is -0.513. The first-order valence-corrected chi connectivity index (χ1v) is 9.51. The van der Waals surface area contributed by atoms with Crippen LogP contribution in [0.25, 0.3) is 0 Å². The summed E-state index contributed by atoms with van der Waals surface area (Å²) in [5, 5.41) is 5.96. The maximum atomic E-state index is 14.5. The number of aromatic nitrogens is 4. The summed E-state index contributed by atoms with van der Waals surface area (Å²) in [6.45, 7) is 0.912. The van der Waals surface area contributed by atoms with E-state index in [1.54, 1.807) is 9.47 Å². The van der Waals surface area contributed by atoms with Gasteiger partial charge < -0.3 is 14.2 Å². The molecule has 1 atom stereocenters. The Hall–Kier alpha value is -2.92. The number of hydrogen-bond donors (Lipinski definition) is 1. The number of nitrogens with one attached hydrogen (secondary N) is 1. The summed E-state index contributed by atoms with van der Waals surface area (Å²) in [4.78, 5) is 17.8. The van der Waals surface area contributed by atoms with Crippen molar-refractivity contribution < 1.29 is 22.3 Å². The molecule has 0 amide bonds. The van der Waals surface area contributed by atoms with Crippen LogP contribution in [0.5, 0.6) is 0 Å². The predicted octanol–water partition coefficient (Wildman–Crippen LogP) is 3.53. The van der Waals surface area contributed by atoms with Crippen LogP contribution in [0.4, 0.5) is 23.2 Å². The maximum Gasteiger partial charge on any atom is 0.416 e. The number of hydrogen-bond acceptors (Lipinski definition) is 5. The van der Waals surface area contributed by atoms with Crippen LogP contribution >= 0.6 is 11.6 Å². The van der Waals surface area contributed by atoms with Crippen LogP contribution in [0.15, 0.2) is 35.4 Å². The number of methoxy groups -OCH3 is 1. The van der Waals surface area contributed by atoms with E-state index in [4.69, 9.17) is 16.3 Å². The van der Waals surface area contributed by atoms with Crippen molar-refractivity contribution in [1.29, 1.82) is 0 Å². The summed E-state index contributed by atoms with van der Waals surface area (Å²) in [7, 11) is 1.22. The van der Waals surface area contributed by atoms with Crippen molar-refractivity contribution in [3.63, 3.8) is 0 Å². The van der Waals surface area contributed by atoms with Gasteiger partial charge in [-0.2, -0.15) is 18.3 Å². The van der Waals surface area contributed by atoms with Crippen molar-refractivity contribution in [1.82, 2.24) is 19.7 Å². The molecule has 1 N–H and O–H groups in total. The largest absolute Gasteiger partial charge is 0.416 e. The SMILES string of the molecule is COC(c1c(F)cccc1C(F)(F)F)c1cnc2n1CCN(c1cn[nH]c(=O)c1Cl)C2. The highest BCUT2D eigenvalue weighted by Gasteiger charge is 2.38. The number of H-pyrrole nitrogens is 1. The Bertz CT molecular complexity index is 1180. The lowest BCUT2D eigenvalue weighted by molar-refractivity contribution is -0.139. The number of ether oxygens (including phenoxy) is 1. The van der Waals surface area contributed by atoms with Gasteiger partial charge in [-0.3, -0.25) is 4.79 Å². The number of alkyl halides is 3. The fraction of sp³-hybridized carbons (Fsp3) is 0.316. The number of imidazole rings is 1. The zero-order chi connectivity index (χ0) is 22.3. The number of halogens is 5. The molecule has 12 heteroatoms. The van der Waals surface area contributed by atoms with E-state index in [0.29, 0.717) is 30.3 Å². The van der Waals surface area contributed by atoms with Crippen LogP contribution < -0.4 is 10.5 Å². The molecule has 0 aliphatic carbocycles. The summed E-state index contributed by atoms with van der Waals surface area (Å²) in [6, 6.07) is 2.80. The van der Waals surface area contributed by atoms with E-state index in [-0.39, 0.29) is 11.6 Å². The Labute approximate surface area is 178 Å². The van der Waals surface area contributed by atoms with Gasteiger partial charge in [0.05, 0.1) is 35.9 Å². The second-order valence-electron chi connectivity index (χ2n) is 6.89. The average Bonchev–Trinajstić information content (AvgIpc) is 3.14. The predicted molar refractivity (Wildman–Crippen MR) is 103 cm³/mol. The number of fused-ring (bicyclic) bond motifs is 1. The third-order valence-corrected chi connectivity index (χ3v) is 5.50. The number of aromatic amines is 1. The molecule has 1 aromatic carbocycles. The number of rotatable bonds is 4. The van der Waals surface area contributed by atoms with E-state index in [1.807, 2.05) is 0 Å². The molecule has 31 heavy (non-hydrogen) atoms. The first kappa shape index (κ1) is 21.3. The molecule has 0 saturated carbocycles. The van der Waals surface area contributed by atoms with E-state index in [1.165, 1.54) is 19.5 Å². The summed E-state index contributed by atoms with van der Waals surface area (Å²) < 4.78 is 62.1. The molecule has 0 spiro atoms. The van der Waals surface area contributed by atoms with E-state index in [9.17, 15) is 22.4 Å². The fourth-order valence-corrected chi connectivity index (χ4v) is 3.94. The van der Waals surface area contributed by atoms with Gasteiger partial charge in [0.15, 0.2) is 0 Å². The molecular weight excluding hydrogens is 442 g/mol. The van der Waals surface area contributed by atoms with Crippen LogP contribution in [0.1, 0.15) is 28.7 Å². The highest BCUT2D eigenvalue weighted by molar-refractivity contribution is 6.32. The minimum atomic E-state index is -4.75. The van der Waals surface area contributed by atoms with Gasteiger partial charge >= 0.3 is 6.18 Å². The zero-order valence-corrected chi connectivity index (χ0v) is 16.8. The average molecular weight is 458 g/mol. The van der Waals surface area contributed by atoms with Crippen molar-refractivity contribution in [2.75, 3.05) is 18.6 Å². The molecule has 1 aliphatic rings. The molecule has 0 radical (unpaired) electrons. The Morgan fingerprint density at radius 2 is 2.03 bits per heavy atom. The summed E-state index contributed by atoms with van der Waals surface area (Å²) in [6.07, 6.45) is -3.27. The lowest BCUT2D eigenvalue weighted by Gasteiger charge is -2.31. The van der Waals surface area contributed by atoms with Gasteiger partial charge in [0, 0.05) is 25.8 Å². The van der Waals surface area contributed by atoms with E-state index in [0.717, 1.165) is 18.2 Å². The molecular formula is C19H16ClF4N5O2. The molecule has 1 unspecified atom stereocenters. The van der Waals surface area contributed by atoms with Crippen LogP contribution in [0.3, 0.4) is 0 Å². The molecule has 3 aromatic rings. The first-order chi connectivity index (χ1) is 14.7. The van der Waals surface area contributed by atoms with Gasteiger partial charge in [-0.15, -0.1) is 0 Å². The summed E-state index contributed by atoms with van der Waals surface area (Å²) >= 11 is 6.07. The molecule has 1 aliphatic heterocycles. The smallest absolute Gasteiger partial charge is 0.370 e. The van der Waals surface area contributed by atoms with Crippen molar-refractivity contribution in [2.24, 2.45) is 0 Å².